The molecule has 0 aromatic carbocycles. The number of nitrogens with zero attached hydrogens (tertiary/aromatic N) is 2. The Bertz CT molecular complexity index is 240. The average molecular weight is 203 g/mol. The summed E-state index contributed by atoms with van der Waals surface area (Å²) in [6.07, 6.45) is 1.03. The van der Waals surface area contributed by atoms with E-state index in [4.69, 9.17) is 0 Å². The first-order valence-electron chi connectivity index (χ1n) is 3.34. The van der Waals surface area contributed by atoms with Crippen molar-refractivity contribution in [3.63, 3.8) is 0 Å². The molecule has 0 saturated carbocycles. The second kappa shape index (κ2) is 2.74. The maximum Gasteiger partial charge on any atom is 0.127 e. The molecular formula is C7H11BrN2. The van der Waals surface area contributed by atoms with Gasteiger partial charge in [-0.15, -0.1) is 0 Å². The molecule has 56 valence electrons. The normalized spacial score (nSPS) is 10.4. The Morgan fingerprint density at radius 1 is 1.60 bits per heavy atom. The molecule has 0 unspecified atom stereocenters. The Labute approximate surface area is 69.4 Å². The van der Waals surface area contributed by atoms with E-state index in [-0.39, 0.29) is 0 Å². The van der Waals surface area contributed by atoms with E-state index < -0.39 is 0 Å². The summed E-state index contributed by atoms with van der Waals surface area (Å²) in [6.45, 7) is 4.13. The topological polar surface area (TPSA) is 17.8 Å². The maximum absolute atomic E-state index is 4.26. The lowest BCUT2D eigenvalue weighted by molar-refractivity contribution is 0.796. The van der Waals surface area contributed by atoms with E-state index in [1.807, 2.05) is 14.0 Å². The number of hydrogen-bond donors (Lipinski definition) is 0. The van der Waals surface area contributed by atoms with Crippen molar-refractivity contribution in [2.45, 2.75) is 20.3 Å². The first kappa shape index (κ1) is 7.79. The van der Waals surface area contributed by atoms with Crippen molar-refractivity contribution >= 4 is 15.9 Å². The average Bonchev–Trinajstić information content (AvgIpc) is 2.09. The van der Waals surface area contributed by atoms with Gasteiger partial charge < -0.3 is 4.57 Å². The van der Waals surface area contributed by atoms with Gasteiger partial charge in [-0.3, -0.25) is 0 Å². The molecule has 10 heavy (non-hydrogen) atoms. The van der Waals surface area contributed by atoms with Crippen molar-refractivity contribution in [3.8, 4) is 0 Å². The van der Waals surface area contributed by atoms with Crippen LogP contribution in [0.5, 0.6) is 0 Å². The Morgan fingerprint density at radius 3 is 2.40 bits per heavy atom. The lowest BCUT2D eigenvalue weighted by atomic mass is 10.4. The van der Waals surface area contributed by atoms with Crippen LogP contribution in [0.25, 0.3) is 0 Å². The van der Waals surface area contributed by atoms with Crippen LogP contribution in [0.1, 0.15) is 18.4 Å². The van der Waals surface area contributed by atoms with Crippen molar-refractivity contribution in [2.75, 3.05) is 0 Å². The summed E-state index contributed by atoms with van der Waals surface area (Å²) in [5, 5.41) is 0. The molecule has 0 saturated heterocycles. The van der Waals surface area contributed by atoms with Gasteiger partial charge in [-0.2, -0.15) is 0 Å². The van der Waals surface area contributed by atoms with Gasteiger partial charge in [0.05, 0.1) is 5.69 Å². The third-order valence-corrected chi connectivity index (χ3v) is 2.36. The number of hydrogen-bond acceptors (Lipinski definition) is 1. The number of rotatable bonds is 1. The third kappa shape index (κ3) is 1.10. The Balaban J connectivity index is 3.20. The Kier molecular flexibility index (Phi) is 2.14. The standard InChI is InChI=1S/C7H11BrN2/c1-4-6-7(8)9-5(2)10(6)3/h4H2,1-3H3. The number of aromatic nitrogens is 2. The van der Waals surface area contributed by atoms with Crippen LogP contribution in [0.2, 0.25) is 0 Å². The van der Waals surface area contributed by atoms with Gasteiger partial charge in [0.2, 0.25) is 0 Å². The summed E-state index contributed by atoms with van der Waals surface area (Å²) in [6, 6.07) is 0. The zero-order valence-corrected chi connectivity index (χ0v) is 8.07. The van der Waals surface area contributed by atoms with Gasteiger partial charge >= 0.3 is 0 Å². The highest BCUT2D eigenvalue weighted by atomic mass is 79.9. The monoisotopic (exact) mass is 202 g/mol. The van der Waals surface area contributed by atoms with Gasteiger partial charge in [-0.1, -0.05) is 6.92 Å². The smallest absolute Gasteiger partial charge is 0.127 e. The fourth-order valence-electron chi connectivity index (χ4n) is 0.998. The molecule has 3 heteroatoms. The predicted molar refractivity (Wildman–Crippen MR) is 45.0 cm³/mol. The molecule has 0 bridgehead atoms. The largest absolute Gasteiger partial charge is 0.334 e. The van der Waals surface area contributed by atoms with Gasteiger partial charge in [-0.25, -0.2) is 4.98 Å². The summed E-state index contributed by atoms with van der Waals surface area (Å²) in [4.78, 5) is 4.26. The Hall–Kier alpha value is -0.310. The zero-order chi connectivity index (χ0) is 7.72. The Morgan fingerprint density at radius 2 is 2.20 bits per heavy atom. The molecule has 0 spiro atoms. The second-order valence-corrected chi connectivity index (χ2v) is 3.06. The van der Waals surface area contributed by atoms with Crippen molar-refractivity contribution in [1.82, 2.24) is 9.55 Å². The third-order valence-electron chi connectivity index (χ3n) is 1.72. The lowest BCUT2D eigenvalue weighted by Crippen LogP contribution is -1.96. The van der Waals surface area contributed by atoms with Crippen LogP contribution in [-0.2, 0) is 13.5 Å². The van der Waals surface area contributed by atoms with E-state index in [0.717, 1.165) is 16.8 Å². The van der Waals surface area contributed by atoms with Gasteiger partial charge in [0.1, 0.15) is 10.4 Å². The van der Waals surface area contributed by atoms with Crippen LogP contribution >= 0.6 is 15.9 Å². The molecule has 0 aliphatic carbocycles. The first-order valence-corrected chi connectivity index (χ1v) is 4.13. The molecule has 0 N–H and O–H groups in total. The highest BCUT2D eigenvalue weighted by molar-refractivity contribution is 9.10. The SMILES string of the molecule is CCc1c(Br)nc(C)n1C. The van der Waals surface area contributed by atoms with E-state index in [1.54, 1.807) is 0 Å². The number of aryl methyl sites for hydroxylation is 1. The van der Waals surface area contributed by atoms with Crippen LogP contribution in [0.3, 0.4) is 0 Å². The fraction of sp³-hybridized carbons (Fsp3) is 0.571. The number of imidazole rings is 1. The van der Waals surface area contributed by atoms with Crippen molar-refractivity contribution < 1.29 is 0 Å². The molecular weight excluding hydrogens is 192 g/mol. The van der Waals surface area contributed by atoms with E-state index in [1.165, 1.54) is 5.69 Å². The minimum absolute atomic E-state index is 0.981. The van der Waals surface area contributed by atoms with Gasteiger partial charge in [0, 0.05) is 7.05 Å². The molecule has 1 heterocycles. The molecule has 0 fully saturated rings. The minimum atomic E-state index is 0.981. The minimum Gasteiger partial charge on any atom is -0.334 e. The molecule has 1 aromatic heterocycles. The highest BCUT2D eigenvalue weighted by Crippen LogP contribution is 2.16. The van der Waals surface area contributed by atoms with Crippen molar-refractivity contribution in [2.24, 2.45) is 7.05 Å². The summed E-state index contributed by atoms with van der Waals surface area (Å²) < 4.78 is 3.08. The summed E-state index contributed by atoms with van der Waals surface area (Å²) in [7, 11) is 2.03. The number of halogens is 1. The van der Waals surface area contributed by atoms with Crippen molar-refractivity contribution in [1.29, 1.82) is 0 Å². The van der Waals surface area contributed by atoms with Crippen LogP contribution in [0.15, 0.2) is 4.60 Å². The summed E-state index contributed by atoms with van der Waals surface area (Å²) in [5.41, 5.74) is 1.26. The van der Waals surface area contributed by atoms with E-state index in [0.29, 0.717) is 0 Å². The van der Waals surface area contributed by atoms with Gasteiger partial charge in [0.15, 0.2) is 0 Å². The molecule has 1 aromatic rings. The summed E-state index contributed by atoms with van der Waals surface area (Å²) in [5.74, 6) is 1.06. The van der Waals surface area contributed by atoms with Crippen LogP contribution in [0, 0.1) is 6.92 Å². The van der Waals surface area contributed by atoms with Crippen LogP contribution in [0.4, 0.5) is 0 Å². The van der Waals surface area contributed by atoms with Gasteiger partial charge in [-0.05, 0) is 29.3 Å². The van der Waals surface area contributed by atoms with Gasteiger partial charge in [0.25, 0.3) is 0 Å². The molecule has 0 radical (unpaired) electrons. The van der Waals surface area contributed by atoms with Crippen LogP contribution < -0.4 is 0 Å². The summed E-state index contributed by atoms with van der Waals surface area (Å²) >= 11 is 3.40. The molecule has 1 rings (SSSR count). The highest BCUT2D eigenvalue weighted by Gasteiger charge is 2.05. The quantitative estimate of drug-likeness (QED) is 0.682. The first-order chi connectivity index (χ1) is 4.66. The second-order valence-electron chi connectivity index (χ2n) is 2.31. The zero-order valence-electron chi connectivity index (χ0n) is 6.48. The fourth-order valence-corrected chi connectivity index (χ4v) is 1.80. The van der Waals surface area contributed by atoms with E-state index in [9.17, 15) is 0 Å². The molecule has 0 aliphatic heterocycles. The van der Waals surface area contributed by atoms with Crippen molar-refractivity contribution in [3.05, 3.63) is 16.1 Å². The lowest BCUT2D eigenvalue weighted by Gasteiger charge is -1.98. The molecule has 2 nitrogen and oxygen atoms in total. The predicted octanol–water partition coefficient (Wildman–Crippen LogP) is 2.05. The van der Waals surface area contributed by atoms with E-state index >= 15 is 0 Å². The maximum atomic E-state index is 4.26. The van der Waals surface area contributed by atoms with Crippen LogP contribution in [-0.4, -0.2) is 9.55 Å². The molecule has 0 aliphatic rings. The molecule has 0 amide bonds. The van der Waals surface area contributed by atoms with E-state index in [2.05, 4.69) is 32.4 Å². The molecule has 0 atom stereocenters.